The summed E-state index contributed by atoms with van der Waals surface area (Å²) in [6.45, 7) is 4.59. The average Bonchev–Trinajstić information content (AvgIpc) is 2.97. The lowest BCUT2D eigenvalue weighted by molar-refractivity contribution is 0.0953. The smallest absolute Gasteiger partial charge is 0.255 e. The van der Waals surface area contributed by atoms with Crippen molar-refractivity contribution in [2.45, 2.75) is 26.7 Å². The molecule has 0 spiro atoms. The Kier molecular flexibility index (Phi) is 3.82. The fourth-order valence-corrected chi connectivity index (χ4v) is 1.77. The van der Waals surface area contributed by atoms with Crippen LogP contribution in [0.4, 0.5) is 0 Å². The monoisotopic (exact) mass is 247 g/mol. The molecule has 5 heteroatoms. The van der Waals surface area contributed by atoms with Crippen LogP contribution in [0.5, 0.6) is 0 Å². The summed E-state index contributed by atoms with van der Waals surface area (Å²) in [6.07, 6.45) is 3.59. The Labute approximate surface area is 106 Å². The molecule has 2 rings (SSSR count). The van der Waals surface area contributed by atoms with E-state index in [0.717, 1.165) is 18.5 Å². The maximum atomic E-state index is 12.1. The van der Waals surface area contributed by atoms with Crippen LogP contribution in [-0.4, -0.2) is 22.6 Å². The molecule has 0 radical (unpaired) electrons. The second kappa shape index (κ2) is 5.53. The summed E-state index contributed by atoms with van der Waals surface area (Å²) >= 11 is 0. The van der Waals surface area contributed by atoms with E-state index < -0.39 is 0 Å². The average molecular weight is 247 g/mol. The number of rotatable bonds is 5. The predicted octanol–water partition coefficient (Wildman–Crippen LogP) is 2.51. The molecule has 0 aliphatic heterocycles. The molecule has 0 bridgehead atoms. The van der Waals surface area contributed by atoms with Gasteiger partial charge in [0.1, 0.15) is 5.69 Å². The second-order valence-corrected chi connectivity index (χ2v) is 4.16. The number of aryl methyl sites for hydroxylation is 1. The fourth-order valence-electron chi connectivity index (χ4n) is 1.77. The third-order valence-electron chi connectivity index (χ3n) is 2.74. The number of amides is 1. The molecule has 0 fully saturated rings. The van der Waals surface area contributed by atoms with Crippen LogP contribution < -0.4 is 5.32 Å². The number of hydrogen-bond acceptors (Lipinski definition) is 3. The highest BCUT2D eigenvalue weighted by molar-refractivity contribution is 6.00. The third-order valence-corrected chi connectivity index (χ3v) is 2.74. The third kappa shape index (κ3) is 2.45. The molecule has 96 valence electrons. The van der Waals surface area contributed by atoms with E-state index in [-0.39, 0.29) is 5.91 Å². The van der Waals surface area contributed by atoms with Crippen molar-refractivity contribution in [2.24, 2.45) is 0 Å². The Morgan fingerprint density at radius 1 is 1.56 bits per heavy atom. The van der Waals surface area contributed by atoms with Gasteiger partial charge in [0, 0.05) is 12.2 Å². The van der Waals surface area contributed by atoms with Crippen LogP contribution in [0.25, 0.3) is 11.5 Å². The van der Waals surface area contributed by atoms with Gasteiger partial charge in [-0.2, -0.15) is 5.10 Å². The molecule has 0 saturated heterocycles. The largest absolute Gasteiger partial charge is 0.463 e. The van der Waals surface area contributed by atoms with Gasteiger partial charge in [-0.1, -0.05) is 13.3 Å². The number of unbranched alkanes of at least 4 members (excludes halogenated alkanes) is 1. The van der Waals surface area contributed by atoms with Gasteiger partial charge >= 0.3 is 0 Å². The molecule has 0 unspecified atom stereocenters. The minimum Gasteiger partial charge on any atom is -0.463 e. The van der Waals surface area contributed by atoms with Gasteiger partial charge in [0.2, 0.25) is 0 Å². The van der Waals surface area contributed by atoms with Crippen LogP contribution >= 0.6 is 0 Å². The molecule has 1 amide bonds. The van der Waals surface area contributed by atoms with Crippen LogP contribution in [0, 0.1) is 6.92 Å². The Morgan fingerprint density at radius 3 is 3.06 bits per heavy atom. The van der Waals surface area contributed by atoms with Crippen LogP contribution in [0.15, 0.2) is 22.8 Å². The van der Waals surface area contributed by atoms with E-state index in [1.807, 2.05) is 6.92 Å². The summed E-state index contributed by atoms with van der Waals surface area (Å²) in [6, 6.07) is 3.57. The van der Waals surface area contributed by atoms with Crippen molar-refractivity contribution < 1.29 is 9.21 Å². The topological polar surface area (TPSA) is 70.9 Å². The molecule has 0 aromatic carbocycles. The number of carbonyl (C=O) groups excluding carboxylic acids is 1. The maximum absolute atomic E-state index is 12.1. The molecule has 2 aromatic rings. The number of aromatic nitrogens is 2. The minimum absolute atomic E-state index is 0.110. The summed E-state index contributed by atoms with van der Waals surface area (Å²) in [5.74, 6) is 0.487. The lowest BCUT2D eigenvalue weighted by atomic mass is 10.1. The van der Waals surface area contributed by atoms with Crippen molar-refractivity contribution in [3.63, 3.8) is 0 Å². The van der Waals surface area contributed by atoms with Crippen molar-refractivity contribution >= 4 is 5.91 Å². The number of carbonyl (C=O) groups is 1. The lowest BCUT2D eigenvalue weighted by Gasteiger charge is -2.04. The Hall–Kier alpha value is -2.04. The van der Waals surface area contributed by atoms with Crippen molar-refractivity contribution in [3.8, 4) is 11.5 Å². The molecule has 0 atom stereocenters. The first-order valence-corrected chi connectivity index (χ1v) is 6.11. The van der Waals surface area contributed by atoms with Gasteiger partial charge in [0.05, 0.1) is 11.8 Å². The highest BCUT2D eigenvalue weighted by Crippen LogP contribution is 2.23. The van der Waals surface area contributed by atoms with Crippen molar-refractivity contribution in [1.29, 1.82) is 0 Å². The standard InChI is InChI=1S/C13H17N3O2/c1-3-4-7-14-13(17)11-9(2)15-16-12(11)10-6-5-8-18-10/h5-6,8H,3-4,7H2,1-2H3,(H,14,17)(H,15,16). The number of aromatic amines is 1. The molecule has 5 nitrogen and oxygen atoms in total. The Bertz CT molecular complexity index is 514. The molecular weight excluding hydrogens is 230 g/mol. The summed E-state index contributed by atoms with van der Waals surface area (Å²) in [4.78, 5) is 12.1. The number of hydrogen-bond donors (Lipinski definition) is 2. The van der Waals surface area contributed by atoms with Crippen molar-refractivity contribution in [3.05, 3.63) is 29.7 Å². The summed E-state index contributed by atoms with van der Waals surface area (Å²) < 4.78 is 5.29. The van der Waals surface area contributed by atoms with E-state index in [1.165, 1.54) is 0 Å². The van der Waals surface area contributed by atoms with E-state index in [4.69, 9.17) is 4.42 Å². The van der Waals surface area contributed by atoms with Gasteiger partial charge in [-0.25, -0.2) is 0 Å². The SMILES string of the molecule is CCCCNC(=O)c1c(-c2ccco2)n[nH]c1C. The molecule has 2 heterocycles. The lowest BCUT2D eigenvalue weighted by Crippen LogP contribution is -2.25. The van der Waals surface area contributed by atoms with E-state index >= 15 is 0 Å². The maximum Gasteiger partial charge on any atom is 0.255 e. The molecule has 18 heavy (non-hydrogen) atoms. The highest BCUT2D eigenvalue weighted by Gasteiger charge is 2.20. The zero-order chi connectivity index (χ0) is 13.0. The van der Waals surface area contributed by atoms with Crippen LogP contribution in [0.2, 0.25) is 0 Å². The van der Waals surface area contributed by atoms with Crippen molar-refractivity contribution in [1.82, 2.24) is 15.5 Å². The van der Waals surface area contributed by atoms with E-state index in [0.29, 0.717) is 23.6 Å². The van der Waals surface area contributed by atoms with E-state index in [2.05, 4.69) is 22.4 Å². The molecule has 2 N–H and O–H groups in total. The van der Waals surface area contributed by atoms with Crippen molar-refractivity contribution in [2.75, 3.05) is 6.54 Å². The zero-order valence-corrected chi connectivity index (χ0v) is 10.6. The number of H-pyrrole nitrogens is 1. The number of nitrogens with zero attached hydrogens (tertiary/aromatic N) is 1. The Morgan fingerprint density at radius 2 is 2.39 bits per heavy atom. The van der Waals surface area contributed by atoms with Gasteiger partial charge in [-0.15, -0.1) is 0 Å². The fraction of sp³-hybridized carbons (Fsp3) is 0.385. The van der Waals surface area contributed by atoms with Gasteiger partial charge in [-0.05, 0) is 25.5 Å². The van der Waals surface area contributed by atoms with E-state index in [9.17, 15) is 4.79 Å². The van der Waals surface area contributed by atoms with Crippen LogP contribution in [-0.2, 0) is 0 Å². The molecule has 2 aromatic heterocycles. The predicted molar refractivity (Wildman–Crippen MR) is 68.3 cm³/mol. The second-order valence-electron chi connectivity index (χ2n) is 4.16. The summed E-state index contributed by atoms with van der Waals surface area (Å²) in [5.41, 5.74) is 1.86. The molecule has 0 aliphatic carbocycles. The van der Waals surface area contributed by atoms with E-state index in [1.54, 1.807) is 18.4 Å². The van der Waals surface area contributed by atoms with Gasteiger partial charge < -0.3 is 9.73 Å². The first kappa shape index (κ1) is 12.4. The van der Waals surface area contributed by atoms with Gasteiger partial charge in [-0.3, -0.25) is 9.89 Å². The van der Waals surface area contributed by atoms with Crippen LogP contribution in [0.3, 0.4) is 0 Å². The summed E-state index contributed by atoms with van der Waals surface area (Å²) in [7, 11) is 0. The molecular formula is C13H17N3O2. The normalized spacial score (nSPS) is 10.6. The first-order valence-electron chi connectivity index (χ1n) is 6.11. The minimum atomic E-state index is -0.110. The first-order chi connectivity index (χ1) is 8.74. The van der Waals surface area contributed by atoms with Crippen LogP contribution in [0.1, 0.15) is 35.8 Å². The number of furan rings is 1. The Balaban J connectivity index is 2.22. The zero-order valence-electron chi connectivity index (χ0n) is 10.6. The number of nitrogens with one attached hydrogen (secondary N) is 2. The van der Waals surface area contributed by atoms with Gasteiger partial charge in [0.25, 0.3) is 5.91 Å². The quantitative estimate of drug-likeness (QED) is 0.797. The molecule has 0 saturated carbocycles. The highest BCUT2D eigenvalue weighted by atomic mass is 16.3. The summed E-state index contributed by atoms with van der Waals surface area (Å²) in [5, 5.41) is 9.84. The van der Waals surface area contributed by atoms with Gasteiger partial charge in [0.15, 0.2) is 5.76 Å². The molecule has 0 aliphatic rings.